The summed E-state index contributed by atoms with van der Waals surface area (Å²) in [5.74, 6) is -0.403. The molecular formula is C14H17FN3O3P. The van der Waals surface area contributed by atoms with Gasteiger partial charge in [-0.2, -0.15) is 0 Å². The van der Waals surface area contributed by atoms with Gasteiger partial charge >= 0.3 is 6.09 Å². The summed E-state index contributed by atoms with van der Waals surface area (Å²) in [7, 11) is 0.716. The molecule has 0 aliphatic carbocycles. The van der Waals surface area contributed by atoms with Crippen molar-refractivity contribution in [2.75, 3.05) is 42.3 Å². The first-order valence-electron chi connectivity index (χ1n) is 7.03. The largest absolute Gasteiger partial charge is 0.444 e. The standard InChI is InChI=1S/C14H17FN3O3P/c1-22-8-11-7-18(14(19)21-11)10-2-3-13(12(15)6-10)17-4-5-20-16-9-17/h2-3,6,9,11,22H,4-5,7-8H2,1H3/t11-/m1/s1. The predicted molar refractivity (Wildman–Crippen MR) is 84.9 cm³/mol. The monoisotopic (exact) mass is 325 g/mol. The third-order valence-corrected chi connectivity index (χ3v) is 4.41. The molecule has 118 valence electrons. The van der Waals surface area contributed by atoms with E-state index >= 15 is 0 Å². The van der Waals surface area contributed by atoms with Crippen molar-refractivity contribution >= 4 is 32.4 Å². The molecule has 22 heavy (non-hydrogen) atoms. The Morgan fingerprint density at radius 3 is 3.05 bits per heavy atom. The predicted octanol–water partition coefficient (Wildman–Crippen LogP) is 2.24. The molecule has 1 saturated heterocycles. The number of amides is 1. The molecule has 0 spiro atoms. The van der Waals surface area contributed by atoms with Crippen LogP contribution in [0.2, 0.25) is 0 Å². The first-order valence-corrected chi connectivity index (χ1v) is 8.74. The highest BCUT2D eigenvalue weighted by atomic mass is 31.1. The van der Waals surface area contributed by atoms with E-state index < -0.39 is 11.9 Å². The Kier molecular flexibility index (Phi) is 4.43. The fourth-order valence-electron chi connectivity index (χ4n) is 2.49. The lowest BCUT2D eigenvalue weighted by molar-refractivity contribution is 0.144. The molecule has 6 nitrogen and oxygen atoms in total. The summed E-state index contributed by atoms with van der Waals surface area (Å²) in [6.45, 7) is 3.48. The normalized spacial score (nSPS) is 21.5. The summed E-state index contributed by atoms with van der Waals surface area (Å²) in [4.78, 5) is 19.9. The van der Waals surface area contributed by atoms with Crippen LogP contribution in [0.3, 0.4) is 0 Å². The minimum Gasteiger partial charge on any atom is -0.444 e. The highest BCUT2D eigenvalue weighted by Gasteiger charge is 2.32. The van der Waals surface area contributed by atoms with Crippen LogP contribution in [0, 0.1) is 5.82 Å². The Bertz CT molecular complexity index is 599. The number of ether oxygens (including phenoxy) is 1. The van der Waals surface area contributed by atoms with Crippen LogP contribution in [0.4, 0.5) is 20.6 Å². The average molecular weight is 325 g/mol. The van der Waals surface area contributed by atoms with Gasteiger partial charge in [-0.3, -0.25) is 4.90 Å². The first kappa shape index (κ1) is 15.0. The van der Waals surface area contributed by atoms with Crippen molar-refractivity contribution in [1.29, 1.82) is 0 Å². The van der Waals surface area contributed by atoms with Crippen LogP contribution in [-0.2, 0) is 9.57 Å². The SMILES string of the molecule is CPC[C@H]1CN(c2ccc(N3C=NOCC3)c(F)c2)C(=O)O1. The van der Waals surface area contributed by atoms with Gasteiger partial charge in [-0.15, -0.1) is 8.58 Å². The summed E-state index contributed by atoms with van der Waals surface area (Å²) in [6.07, 6.45) is 1.77. The van der Waals surface area contributed by atoms with Gasteiger partial charge in [0.2, 0.25) is 0 Å². The van der Waals surface area contributed by atoms with Crippen LogP contribution in [0.25, 0.3) is 0 Å². The second kappa shape index (κ2) is 6.48. The number of anilines is 2. The molecule has 2 aliphatic rings. The van der Waals surface area contributed by atoms with Crippen LogP contribution in [0.1, 0.15) is 0 Å². The lowest BCUT2D eigenvalue weighted by atomic mass is 10.2. The van der Waals surface area contributed by atoms with Crippen molar-refractivity contribution in [3.05, 3.63) is 24.0 Å². The van der Waals surface area contributed by atoms with Gasteiger partial charge in [0.05, 0.1) is 24.5 Å². The number of benzene rings is 1. The van der Waals surface area contributed by atoms with E-state index in [1.54, 1.807) is 17.0 Å². The number of carbonyl (C=O) groups is 1. The Morgan fingerprint density at radius 1 is 1.50 bits per heavy atom. The Balaban J connectivity index is 1.78. The maximum Gasteiger partial charge on any atom is 0.414 e. The third kappa shape index (κ3) is 2.99. The average Bonchev–Trinajstić information content (AvgIpc) is 2.89. The van der Waals surface area contributed by atoms with E-state index in [1.165, 1.54) is 17.3 Å². The topological polar surface area (TPSA) is 54.4 Å². The van der Waals surface area contributed by atoms with Crippen molar-refractivity contribution in [3.8, 4) is 0 Å². The van der Waals surface area contributed by atoms with Gasteiger partial charge in [0.15, 0.2) is 0 Å². The molecule has 1 aromatic carbocycles. The van der Waals surface area contributed by atoms with Gasteiger partial charge in [0, 0.05) is 6.16 Å². The fraction of sp³-hybridized carbons (Fsp3) is 0.429. The highest BCUT2D eigenvalue weighted by Crippen LogP contribution is 2.28. The molecule has 2 heterocycles. The highest BCUT2D eigenvalue weighted by molar-refractivity contribution is 7.37. The molecule has 1 aromatic rings. The first-order chi connectivity index (χ1) is 10.7. The molecule has 1 fully saturated rings. The van der Waals surface area contributed by atoms with Crippen LogP contribution in [-0.4, -0.2) is 51.1 Å². The minimum atomic E-state index is -0.414. The van der Waals surface area contributed by atoms with Gasteiger partial charge in [0.25, 0.3) is 0 Å². The molecule has 0 radical (unpaired) electrons. The number of nitrogens with zero attached hydrogens (tertiary/aromatic N) is 3. The smallest absolute Gasteiger partial charge is 0.414 e. The number of halogens is 1. The summed E-state index contributed by atoms with van der Waals surface area (Å²) in [5, 5.41) is 3.67. The van der Waals surface area contributed by atoms with E-state index in [2.05, 4.69) is 11.8 Å². The van der Waals surface area contributed by atoms with E-state index in [0.717, 1.165) is 6.16 Å². The van der Waals surface area contributed by atoms with Gasteiger partial charge in [0.1, 0.15) is 24.9 Å². The van der Waals surface area contributed by atoms with E-state index in [0.29, 0.717) is 39.7 Å². The summed E-state index contributed by atoms with van der Waals surface area (Å²) >= 11 is 0. The molecule has 8 heteroatoms. The molecule has 0 N–H and O–H groups in total. The second-order valence-corrected chi connectivity index (χ2v) is 6.17. The molecule has 1 unspecified atom stereocenters. The maximum atomic E-state index is 14.3. The fourth-order valence-corrected chi connectivity index (χ4v) is 3.15. The molecule has 3 rings (SSSR count). The zero-order chi connectivity index (χ0) is 15.5. The number of hydrogen-bond acceptors (Lipinski definition) is 5. The van der Waals surface area contributed by atoms with Crippen LogP contribution in [0.15, 0.2) is 23.4 Å². The Labute approximate surface area is 129 Å². The second-order valence-electron chi connectivity index (χ2n) is 5.06. The van der Waals surface area contributed by atoms with Gasteiger partial charge in [-0.1, -0.05) is 5.16 Å². The number of oxime groups is 1. The van der Waals surface area contributed by atoms with E-state index in [-0.39, 0.29) is 6.10 Å². The van der Waals surface area contributed by atoms with E-state index in [4.69, 9.17) is 9.57 Å². The summed E-state index contributed by atoms with van der Waals surface area (Å²) in [6, 6.07) is 4.72. The van der Waals surface area contributed by atoms with Gasteiger partial charge in [-0.25, -0.2) is 9.18 Å². The quantitative estimate of drug-likeness (QED) is 0.797. The van der Waals surface area contributed by atoms with Crippen LogP contribution < -0.4 is 9.80 Å². The number of cyclic esters (lactones) is 1. The molecule has 0 saturated carbocycles. The van der Waals surface area contributed by atoms with Crippen molar-refractivity contribution in [2.45, 2.75) is 6.10 Å². The molecule has 0 bridgehead atoms. The number of carbonyl (C=O) groups excluding carboxylic acids is 1. The molecule has 2 atom stereocenters. The Hall–Kier alpha value is -1.88. The van der Waals surface area contributed by atoms with Gasteiger partial charge < -0.3 is 14.5 Å². The van der Waals surface area contributed by atoms with Gasteiger partial charge in [-0.05, 0) is 24.9 Å². The zero-order valence-electron chi connectivity index (χ0n) is 12.2. The summed E-state index contributed by atoms with van der Waals surface area (Å²) in [5.41, 5.74) is 0.924. The summed E-state index contributed by atoms with van der Waals surface area (Å²) < 4.78 is 19.6. The lowest BCUT2D eigenvalue weighted by Crippen LogP contribution is -2.30. The lowest BCUT2D eigenvalue weighted by Gasteiger charge is -2.23. The van der Waals surface area contributed by atoms with Crippen molar-refractivity contribution in [1.82, 2.24) is 0 Å². The minimum absolute atomic E-state index is 0.107. The van der Waals surface area contributed by atoms with Crippen molar-refractivity contribution < 1.29 is 18.8 Å². The van der Waals surface area contributed by atoms with Crippen molar-refractivity contribution in [3.63, 3.8) is 0 Å². The van der Waals surface area contributed by atoms with E-state index in [9.17, 15) is 9.18 Å². The maximum absolute atomic E-state index is 14.3. The number of hydrogen-bond donors (Lipinski definition) is 0. The molecular weight excluding hydrogens is 308 g/mol. The van der Waals surface area contributed by atoms with Crippen LogP contribution in [0.5, 0.6) is 0 Å². The molecule has 2 aliphatic heterocycles. The molecule has 0 aromatic heterocycles. The van der Waals surface area contributed by atoms with E-state index in [1.807, 2.05) is 0 Å². The Morgan fingerprint density at radius 2 is 2.36 bits per heavy atom. The van der Waals surface area contributed by atoms with Crippen LogP contribution >= 0.6 is 8.58 Å². The third-order valence-electron chi connectivity index (χ3n) is 3.54. The molecule has 1 amide bonds. The van der Waals surface area contributed by atoms with Crippen molar-refractivity contribution in [2.24, 2.45) is 5.16 Å². The number of rotatable bonds is 4. The zero-order valence-corrected chi connectivity index (χ0v) is 13.2.